The van der Waals surface area contributed by atoms with Gasteiger partial charge in [0.2, 0.25) is 0 Å². The first-order valence-corrected chi connectivity index (χ1v) is 10.3. The predicted octanol–water partition coefficient (Wildman–Crippen LogP) is 3.44. The second-order valence-electron chi connectivity index (χ2n) is 7.51. The first kappa shape index (κ1) is 19.6. The Bertz CT molecular complexity index is 1140. The van der Waals surface area contributed by atoms with Crippen molar-refractivity contribution in [3.63, 3.8) is 0 Å². The minimum atomic E-state index is -0.286. The van der Waals surface area contributed by atoms with Crippen molar-refractivity contribution in [1.29, 1.82) is 0 Å². The number of fused-ring (bicyclic) bond motifs is 1. The molecular formula is C23H23FN6O. The van der Waals surface area contributed by atoms with Gasteiger partial charge in [-0.2, -0.15) is 5.10 Å². The van der Waals surface area contributed by atoms with Crippen LogP contribution in [0.1, 0.15) is 11.6 Å². The summed E-state index contributed by atoms with van der Waals surface area (Å²) in [5.74, 6) is 0.437. The van der Waals surface area contributed by atoms with Gasteiger partial charge >= 0.3 is 0 Å². The molecule has 1 fully saturated rings. The Kier molecular flexibility index (Phi) is 5.56. The summed E-state index contributed by atoms with van der Waals surface area (Å²) in [5, 5.41) is 8.90. The second-order valence-corrected chi connectivity index (χ2v) is 7.51. The molecule has 0 aliphatic carbocycles. The number of hydrogen-bond donors (Lipinski definition) is 1. The van der Waals surface area contributed by atoms with Crippen LogP contribution in [0.4, 0.5) is 10.2 Å². The van der Waals surface area contributed by atoms with Crippen LogP contribution in [-0.2, 0) is 4.74 Å². The van der Waals surface area contributed by atoms with Gasteiger partial charge in [0, 0.05) is 19.6 Å². The maximum Gasteiger partial charge on any atom is 0.168 e. The normalized spacial score (nSPS) is 15.8. The minimum Gasteiger partial charge on any atom is -0.379 e. The average Bonchev–Trinajstić information content (AvgIpc) is 3.26. The van der Waals surface area contributed by atoms with Crippen molar-refractivity contribution in [1.82, 2.24) is 24.6 Å². The van der Waals surface area contributed by atoms with Gasteiger partial charge in [-0.15, -0.1) is 0 Å². The van der Waals surface area contributed by atoms with Gasteiger partial charge in [0.25, 0.3) is 0 Å². The van der Waals surface area contributed by atoms with Gasteiger partial charge in [-0.05, 0) is 29.8 Å². The van der Waals surface area contributed by atoms with E-state index in [4.69, 9.17) is 4.74 Å². The molecule has 0 bridgehead atoms. The van der Waals surface area contributed by atoms with E-state index in [0.29, 0.717) is 5.65 Å². The van der Waals surface area contributed by atoms with Gasteiger partial charge in [0.05, 0.1) is 36.5 Å². The van der Waals surface area contributed by atoms with Crippen molar-refractivity contribution in [2.45, 2.75) is 6.04 Å². The molecule has 2 aromatic heterocycles. The number of hydrogen-bond acceptors (Lipinski definition) is 6. The van der Waals surface area contributed by atoms with E-state index in [1.807, 2.05) is 18.2 Å². The lowest BCUT2D eigenvalue weighted by Gasteiger charge is -2.31. The van der Waals surface area contributed by atoms with E-state index in [1.54, 1.807) is 23.0 Å². The van der Waals surface area contributed by atoms with E-state index < -0.39 is 0 Å². The summed E-state index contributed by atoms with van der Waals surface area (Å²) < 4.78 is 20.5. The molecule has 0 spiro atoms. The quantitative estimate of drug-likeness (QED) is 0.517. The Morgan fingerprint density at radius 3 is 2.55 bits per heavy atom. The van der Waals surface area contributed by atoms with Crippen molar-refractivity contribution in [2.24, 2.45) is 0 Å². The van der Waals surface area contributed by atoms with Crippen molar-refractivity contribution in [2.75, 3.05) is 38.2 Å². The highest BCUT2D eigenvalue weighted by Crippen LogP contribution is 2.26. The number of nitrogens with zero attached hydrogens (tertiary/aromatic N) is 5. The lowest BCUT2D eigenvalue weighted by Crippen LogP contribution is -2.40. The fourth-order valence-corrected chi connectivity index (χ4v) is 3.86. The monoisotopic (exact) mass is 418 g/mol. The Morgan fingerprint density at radius 2 is 1.77 bits per heavy atom. The Morgan fingerprint density at radius 1 is 1.00 bits per heavy atom. The zero-order chi connectivity index (χ0) is 21.0. The predicted molar refractivity (Wildman–Crippen MR) is 117 cm³/mol. The fourth-order valence-electron chi connectivity index (χ4n) is 3.86. The maximum atomic E-state index is 13.3. The summed E-state index contributed by atoms with van der Waals surface area (Å²) in [7, 11) is 0. The van der Waals surface area contributed by atoms with Crippen LogP contribution in [0.3, 0.4) is 0 Å². The van der Waals surface area contributed by atoms with Crippen molar-refractivity contribution >= 4 is 16.9 Å². The number of morpholine rings is 1. The number of rotatable bonds is 6. The van der Waals surface area contributed by atoms with Crippen molar-refractivity contribution < 1.29 is 9.13 Å². The third kappa shape index (κ3) is 4.26. The fraction of sp³-hybridized carbons (Fsp3) is 0.261. The van der Waals surface area contributed by atoms with Crippen molar-refractivity contribution in [3.05, 3.63) is 78.5 Å². The molecular weight excluding hydrogens is 395 g/mol. The zero-order valence-corrected chi connectivity index (χ0v) is 17.0. The van der Waals surface area contributed by atoms with Gasteiger partial charge in [-0.3, -0.25) is 4.90 Å². The van der Waals surface area contributed by atoms with Crippen LogP contribution in [0.15, 0.2) is 67.1 Å². The molecule has 5 rings (SSSR count). The number of halogens is 1. The average molecular weight is 418 g/mol. The van der Waals surface area contributed by atoms with Gasteiger partial charge in [-0.25, -0.2) is 19.0 Å². The van der Waals surface area contributed by atoms with Crippen LogP contribution in [0.5, 0.6) is 0 Å². The van der Waals surface area contributed by atoms with E-state index in [0.717, 1.165) is 49.7 Å². The molecule has 1 aliphatic heterocycles. The number of aromatic nitrogens is 4. The van der Waals surface area contributed by atoms with E-state index >= 15 is 0 Å². The summed E-state index contributed by atoms with van der Waals surface area (Å²) in [4.78, 5) is 11.3. The third-order valence-electron chi connectivity index (χ3n) is 5.49. The number of anilines is 1. The molecule has 1 aliphatic rings. The number of benzene rings is 2. The highest BCUT2D eigenvalue weighted by molar-refractivity contribution is 5.87. The zero-order valence-electron chi connectivity index (χ0n) is 17.0. The summed E-state index contributed by atoms with van der Waals surface area (Å²) in [5.41, 5.74) is 2.60. The van der Waals surface area contributed by atoms with Gasteiger partial charge in [0.15, 0.2) is 5.65 Å². The van der Waals surface area contributed by atoms with Crippen LogP contribution in [-0.4, -0.2) is 57.5 Å². The van der Waals surface area contributed by atoms with Crippen LogP contribution < -0.4 is 5.32 Å². The van der Waals surface area contributed by atoms with Crippen LogP contribution in [0.25, 0.3) is 16.7 Å². The Balaban J connectivity index is 1.47. The van der Waals surface area contributed by atoms with Gasteiger partial charge in [-0.1, -0.05) is 30.3 Å². The molecule has 0 radical (unpaired) electrons. The molecule has 1 saturated heterocycles. The molecule has 1 N–H and O–H groups in total. The van der Waals surface area contributed by atoms with Crippen LogP contribution >= 0.6 is 0 Å². The lowest BCUT2D eigenvalue weighted by molar-refractivity contribution is 0.0361. The van der Waals surface area contributed by atoms with Crippen LogP contribution in [0, 0.1) is 5.82 Å². The van der Waals surface area contributed by atoms with Crippen molar-refractivity contribution in [3.8, 4) is 5.69 Å². The maximum absolute atomic E-state index is 13.3. The largest absolute Gasteiger partial charge is 0.379 e. The summed E-state index contributed by atoms with van der Waals surface area (Å²) in [6.07, 6.45) is 3.28. The SMILES string of the molecule is Fc1ccc(-n2ncc3c(N[C@H](CN4CCOCC4)c4ccccc4)ncnc32)cc1. The standard InChI is InChI=1S/C23H23FN6O/c24-18-6-8-19(9-7-18)30-23-20(14-27-30)22(25-16-26-23)28-21(17-4-2-1-3-5-17)15-29-10-12-31-13-11-29/h1-9,14,16,21H,10-13,15H2,(H,25,26,28)/t21-/m1/s1. The molecule has 7 nitrogen and oxygen atoms in total. The molecule has 31 heavy (non-hydrogen) atoms. The number of ether oxygens (including phenoxy) is 1. The topological polar surface area (TPSA) is 68.1 Å². The second kappa shape index (κ2) is 8.79. The summed E-state index contributed by atoms with van der Waals surface area (Å²) in [6, 6.07) is 16.6. The van der Waals surface area contributed by atoms with E-state index in [1.165, 1.54) is 24.0 Å². The smallest absolute Gasteiger partial charge is 0.168 e. The van der Waals surface area contributed by atoms with Crippen LogP contribution in [0.2, 0.25) is 0 Å². The molecule has 8 heteroatoms. The van der Waals surface area contributed by atoms with Gasteiger partial charge in [0.1, 0.15) is 18.0 Å². The highest BCUT2D eigenvalue weighted by atomic mass is 19.1. The molecule has 0 unspecified atom stereocenters. The molecule has 158 valence electrons. The molecule has 0 amide bonds. The van der Waals surface area contributed by atoms with E-state index in [-0.39, 0.29) is 11.9 Å². The Hall–Kier alpha value is -3.36. The first-order chi connectivity index (χ1) is 15.3. The minimum absolute atomic E-state index is 0.0478. The molecule has 1 atom stereocenters. The van der Waals surface area contributed by atoms with E-state index in [2.05, 4.69) is 37.4 Å². The summed E-state index contributed by atoms with van der Waals surface area (Å²) in [6.45, 7) is 4.16. The molecule has 2 aromatic carbocycles. The van der Waals surface area contributed by atoms with E-state index in [9.17, 15) is 4.39 Å². The van der Waals surface area contributed by atoms with Gasteiger partial charge < -0.3 is 10.1 Å². The summed E-state index contributed by atoms with van der Waals surface area (Å²) >= 11 is 0. The lowest BCUT2D eigenvalue weighted by atomic mass is 10.1. The molecule has 0 saturated carbocycles. The first-order valence-electron chi connectivity index (χ1n) is 10.3. The Labute approximate surface area is 179 Å². The highest BCUT2D eigenvalue weighted by Gasteiger charge is 2.20. The molecule has 4 aromatic rings. The molecule has 3 heterocycles. The third-order valence-corrected chi connectivity index (χ3v) is 5.49. The number of nitrogens with one attached hydrogen (secondary N) is 1.